The van der Waals surface area contributed by atoms with Crippen molar-refractivity contribution < 1.29 is 22.4 Å². The predicted octanol–water partition coefficient (Wildman–Crippen LogP) is 1.78. The van der Waals surface area contributed by atoms with Crippen LogP contribution in [0.1, 0.15) is 27.2 Å². The van der Waals surface area contributed by atoms with Crippen molar-refractivity contribution in [2.24, 2.45) is 5.92 Å². The molecule has 0 heterocycles. The van der Waals surface area contributed by atoms with Crippen molar-refractivity contribution in [1.82, 2.24) is 10.0 Å². The van der Waals surface area contributed by atoms with Crippen LogP contribution in [0, 0.1) is 11.7 Å². The van der Waals surface area contributed by atoms with Gasteiger partial charge in [0.15, 0.2) is 0 Å². The maximum atomic E-state index is 13.0. The molecule has 25 heavy (non-hydrogen) atoms. The number of amides is 1. The van der Waals surface area contributed by atoms with Crippen LogP contribution in [0.4, 0.5) is 4.39 Å². The lowest BCUT2D eigenvalue weighted by atomic mass is 10.0. The van der Waals surface area contributed by atoms with Crippen molar-refractivity contribution in [3.8, 4) is 0 Å². The van der Waals surface area contributed by atoms with E-state index in [4.69, 9.17) is 0 Å². The third-order valence-corrected chi connectivity index (χ3v) is 4.81. The van der Waals surface area contributed by atoms with Gasteiger partial charge in [-0.2, -0.15) is 4.72 Å². The van der Waals surface area contributed by atoms with E-state index in [2.05, 4.69) is 16.6 Å². The highest BCUT2D eigenvalue weighted by Crippen LogP contribution is 2.12. The quantitative estimate of drug-likeness (QED) is 0.512. The van der Waals surface area contributed by atoms with Gasteiger partial charge in [-0.3, -0.25) is 4.79 Å². The van der Waals surface area contributed by atoms with Crippen LogP contribution in [0.5, 0.6) is 0 Å². The first-order valence-electron chi connectivity index (χ1n) is 7.75. The van der Waals surface area contributed by atoms with Crippen LogP contribution < -0.4 is 10.0 Å². The van der Waals surface area contributed by atoms with Crippen molar-refractivity contribution >= 4 is 22.2 Å². The monoisotopic (exact) mass is 370 g/mol. The highest BCUT2D eigenvalue weighted by Gasteiger charge is 2.28. The summed E-state index contributed by atoms with van der Waals surface area (Å²) in [5.74, 6) is -1.07. The Balaban J connectivity index is 2.96. The first kappa shape index (κ1) is 21.0. The molecule has 138 valence electrons. The molecule has 1 rings (SSSR count). The van der Waals surface area contributed by atoms with Crippen LogP contribution in [0.3, 0.4) is 0 Å². The molecule has 0 bridgehead atoms. The molecule has 0 radical (unpaired) electrons. The largest absolute Gasteiger partial charge is 0.345 e. The Hall–Kier alpha value is -2.06. The van der Waals surface area contributed by atoms with Gasteiger partial charge in [0.05, 0.1) is 10.9 Å². The molecule has 0 saturated carbocycles. The molecular weight excluding hydrogens is 347 g/mol. The number of halogens is 1. The first-order chi connectivity index (χ1) is 11.6. The molecule has 0 unspecified atom stereocenters. The summed E-state index contributed by atoms with van der Waals surface area (Å²) in [5, 5.41) is 2.51. The molecule has 0 fully saturated rings. The Morgan fingerprint density at radius 2 is 1.84 bits per heavy atom. The van der Waals surface area contributed by atoms with E-state index in [-0.39, 0.29) is 16.4 Å². The minimum absolute atomic E-state index is 0.176. The second kappa shape index (κ2) is 8.87. The number of aldehydes is 1. The molecular formula is C17H23FN2O4S. The number of carbonyl (C=O) groups is 2. The topological polar surface area (TPSA) is 92.3 Å². The van der Waals surface area contributed by atoms with E-state index in [0.717, 1.165) is 24.3 Å². The van der Waals surface area contributed by atoms with Crippen molar-refractivity contribution in [2.75, 3.05) is 0 Å². The number of hydrogen-bond donors (Lipinski definition) is 2. The number of carbonyl (C=O) groups excluding carboxylic acids is 2. The van der Waals surface area contributed by atoms with Crippen molar-refractivity contribution in [1.29, 1.82) is 0 Å². The average Bonchev–Trinajstić information content (AvgIpc) is 2.51. The zero-order chi connectivity index (χ0) is 19.2. The summed E-state index contributed by atoms with van der Waals surface area (Å²) in [4.78, 5) is 23.3. The fourth-order valence-electron chi connectivity index (χ4n) is 2.14. The van der Waals surface area contributed by atoms with Crippen LogP contribution in [-0.4, -0.2) is 32.7 Å². The van der Waals surface area contributed by atoms with E-state index < -0.39 is 33.8 Å². The summed E-state index contributed by atoms with van der Waals surface area (Å²) >= 11 is 0. The maximum absolute atomic E-state index is 13.0. The van der Waals surface area contributed by atoms with Crippen molar-refractivity contribution in [2.45, 2.75) is 44.2 Å². The molecule has 0 aliphatic rings. The average molecular weight is 370 g/mol. The van der Waals surface area contributed by atoms with Crippen LogP contribution in [0.25, 0.3) is 0 Å². The van der Waals surface area contributed by atoms with Crippen LogP contribution in [0.15, 0.2) is 41.3 Å². The van der Waals surface area contributed by atoms with Gasteiger partial charge >= 0.3 is 0 Å². The van der Waals surface area contributed by atoms with E-state index in [9.17, 15) is 22.4 Å². The summed E-state index contributed by atoms with van der Waals surface area (Å²) in [6.45, 7) is 8.92. The Labute approximate surface area is 147 Å². The Bertz CT molecular complexity index is 730. The Morgan fingerprint density at radius 3 is 2.28 bits per heavy atom. The van der Waals surface area contributed by atoms with E-state index in [1.54, 1.807) is 0 Å². The molecule has 8 heteroatoms. The van der Waals surface area contributed by atoms with Crippen LogP contribution >= 0.6 is 0 Å². The van der Waals surface area contributed by atoms with Gasteiger partial charge in [-0.25, -0.2) is 12.8 Å². The fraction of sp³-hybridized carbons (Fsp3) is 0.412. The molecule has 0 aliphatic heterocycles. The van der Waals surface area contributed by atoms with E-state index in [1.165, 1.54) is 6.92 Å². The molecule has 0 aromatic heterocycles. The van der Waals surface area contributed by atoms with Crippen molar-refractivity contribution in [3.63, 3.8) is 0 Å². The summed E-state index contributed by atoms with van der Waals surface area (Å²) in [5.41, 5.74) is 0.261. The van der Waals surface area contributed by atoms with Gasteiger partial charge in [-0.15, -0.1) is 0 Å². The molecule has 0 spiro atoms. The SMILES string of the molecule is C=C(C)[C@H](NS(=O)(=O)c1ccc(F)cc1)C(=O)N[C@H](C=O)CC(C)C. The third-order valence-electron chi connectivity index (χ3n) is 3.37. The lowest BCUT2D eigenvalue weighted by Gasteiger charge is -2.21. The second-order valence-electron chi connectivity index (χ2n) is 6.24. The smallest absolute Gasteiger partial charge is 0.242 e. The first-order valence-corrected chi connectivity index (χ1v) is 9.24. The highest BCUT2D eigenvalue weighted by atomic mass is 32.2. The van der Waals surface area contributed by atoms with Gasteiger partial charge in [0.25, 0.3) is 0 Å². The van der Waals surface area contributed by atoms with Gasteiger partial charge < -0.3 is 10.1 Å². The molecule has 1 aromatic rings. The normalized spacial score (nSPS) is 14.0. The minimum Gasteiger partial charge on any atom is -0.345 e. The zero-order valence-corrected chi connectivity index (χ0v) is 15.3. The molecule has 2 N–H and O–H groups in total. The maximum Gasteiger partial charge on any atom is 0.242 e. The summed E-state index contributed by atoms with van der Waals surface area (Å²) < 4.78 is 39.9. The molecule has 1 aromatic carbocycles. The molecule has 6 nitrogen and oxygen atoms in total. The predicted molar refractivity (Wildman–Crippen MR) is 92.8 cm³/mol. The van der Waals surface area contributed by atoms with Gasteiger partial charge in [-0.1, -0.05) is 26.0 Å². The highest BCUT2D eigenvalue weighted by molar-refractivity contribution is 7.89. The van der Waals surface area contributed by atoms with Gasteiger partial charge in [0.1, 0.15) is 18.1 Å². The van der Waals surface area contributed by atoms with Gasteiger partial charge in [0.2, 0.25) is 15.9 Å². The van der Waals surface area contributed by atoms with Crippen molar-refractivity contribution in [3.05, 3.63) is 42.2 Å². The Morgan fingerprint density at radius 1 is 1.28 bits per heavy atom. The third kappa shape index (κ3) is 6.39. The minimum atomic E-state index is -4.06. The zero-order valence-electron chi connectivity index (χ0n) is 14.5. The second-order valence-corrected chi connectivity index (χ2v) is 7.95. The molecule has 0 aliphatic carbocycles. The van der Waals surface area contributed by atoms with E-state index in [1.807, 2.05) is 13.8 Å². The summed E-state index contributed by atoms with van der Waals surface area (Å²) in [6.07, 6.45) is 1.05. The standard InChI is InChI=1S/C17H23FN2O4S/c1-11(2)9-14(10-21)19-17(22)16(12(3)4)20-25(23,24)15-7-5-13(18)6-8-15/h5-8,10-11,14,16,20H,3,9H2,1-2,4H3,(H,19,22)/t14-,16-/m0/s1. The van der Waals surface area contributed by atoms with E-state index in [0.29, 0.717) is 12.7 Å². The van der Waals surface area contributed by atoms with E-state index >= 15 is 0 Å². The number of hydrogen-bond acceptors (Lipinski definition) is 4. The van der Waals surface area contributed by atoms with Gasteiger partial charge in [-0.05, 0) is 43.5 Å². The fourth-order valence-corrected chi connectivity index (χ4v) is 3.39. The number of sulfonamides is 1. The lowest BCUT2D eigenvalue weighted by molar-refractivity contribution is -0.124. The summed E-state index contributed by atoms with van der Waals surface area (Å²) in [7, 11) is -4.06. The van der Waals surface area contributed by atoms with Crippen LogP contribution in [-0.2, 0) is 19.6 Å². The number of rotatable bonds is 9. The lowest BCUT2D eigenvalue weighted by Crippen LogP contribution is -2.50. The molecule has 2 atom stereocenters. The summed E-state index contributed by atoms with van der Waals surface area (Å²) in [6, 6.07) is 2.25. The Kier molecular flexibility index (Phi) is 7.44. The van der Waals surface area contributed by atoms with Gasteiger partial charge in [0, 0.05) is 0 Å². The van der Waals surface area contributed by atoms with Crippen LogP contribution in [0.2, 0.25) is 0 Å². The molecule has 0 saturated heterocycles. The molecule has 1 amide bonds. The number of benzene rings is 1. The number of nitrogens with one attached hydrogen (secondary N) is 2.